The number of rotatable bonds is 1. The fraction of sp³-hybridized carbons (Fsp3) is 0.625. The van der Waals surface area contributed by atoms with E-state index in [1.165, 1.54) is 0 Å². The van der Waals surface area contributed by atoms with E-state index in [0.29, 0.717) is 0 Å². The van der Waals surface area contributed by atoms with E-state index >= 15 is 0 Å². The highest BCUT2D eigenvalue weighted by Crippen LogP contribution is 2.46. The van der Waals surface area contributed by atoms with Crippen LogP contribution in [0, 0.1) is 0 Å². The molecule has 1 saturated heterocycles. The largest absolute Gasteiger partial charge is 0.497 e. The minimum Gasteiger partial charge on any atom is -0.497 e. The summed E-state index contributed by atoms with van der Waals surface area (Å²) in [7, 11) is 1.67. The number of ether oxygens (including phenoxy) is 3. The van der Waals surface area contributed by atoms with Gasteiger partial charge in [-0.05, 0) is 19.9 Å². The molecule has 20 heavy (non-hydrogen) atoms. The molecule has 1 aromatic rings. The van der Waals surface area contributed by atoms with Gasteiger partial charge >= 0.3 is 0 Å². The first kappa shape index (κ1) is 13.7. The molecule has 2 N–H and O–H groups in total. The monoisotopic (exact) mass is 277 g/mol. The molecule has 1 fully saturated rings. The highest BCUT2D eigenvalue weighted by atomic mass is 16.5. The molecule has 0 radical (unpaired) electrons. The van der Waals surface area contributed by atoms with E-state index in [4.69, 9.17) is 19.9 Å². The fourth-order valence-electron chi connectivity index (χ4n) is 3.70. The van der Waals surface area contributed by atoms with Crippen molar-refractivity contribution in [2.75, 3.05) is 7.11 Å². The lowest BCUT2D eigenvalue weighted by atomic mass is 9.79. The normalized spacial score (nSPS) is 36.3. The van der Waals surface area contributed by atoms with Gasteiger partial charge in [0.15, 0.2) is 0 Å². The number of nitrogens with two attached hydrogens (primary N) is 1. The average molecular weight is 277 g/mol. The van der Waals surface area contributed by atoms with Crippen molar-refractivity contribution in [3.8, 4) is 11.5 Å². The predicted molar refractivity (Wildman–Crippen MR) is 77.1 cm³/mol. The Morgan fingerprint density at radius 2 is 1.90 bits per heavy atom. The summed E-state index contributed by atoms with van der Waals surface area (Å²) in [5, 5.41) is 0. The Hall–Kier alpha value is -1.26. The van der Waals surface area contributed by atoms with Gasteiger partial charge in [0.05, 0.1) is 19.3 Å². The van der Waals surface area contributed by atoms with Crippen molar-refractivity contribution < 1.29 is 14.2 Å². The Balaban J connectivity index is 1.94. The Bertz CT molecular complexity index is 492. The van der Waals surface area contributed by atoms with Gasteiger partial charge in [0, 0.05) is 36.9 Å². The lowest BCUT2D eigenvalue weighted by molar-refractivity contribution is -0.129. The van der Waals surface area contributed by atoms with Crippen molar-refractivity contribution in [3.63, 3.8) is 0 Å². The maximum Gasteiger partial charge on any atom is 0.128 e. The number of methoxy groups -OCH3 is 1. The molecule has 0 bridgehead atoms. The molecule has 4 heteroatoms. The van der Waals surface area contributed by atoms with Crippen LogP contribution < -0.4 is 15.2 Å². The molecular formula is C16H23NO3. The molecular weight excluding hydrogens is 254 g/mol. The van der Waals surface area contributed by atoms with E-state index < -0.39 is 0 Å². The molecule has 3 rings (SSSR count). The van der Waals surface area contributed by atoms with Gasteiger partial charge in [-0.2, -0.15) is 0 Å². The molecule has 2 unspecified atom stereocenters. The summed E-state index contributed by atoms with van der Waals surface area (Å²) < 4.78 is 17.5. The smallest absolute Gasteiger partial charge is 0.128 e. The summed E-state index contributed by atoms with van der Waals surface area (Å²) in [5.74, 6) is 1.67. The Morgan fingerprint density at radius 1 is 1.20 bits per heavy atom. The van der Waals surface area contributed by atoms with Crippen molar-refractivity contribution >= 4 is 0 Å². The maximum absolute atomic E-state index is 6.37. The minimum absolute atomic E-state index is 0.0159. The van der Waals surface area contributed by atoms with Crippen LogP contribution in [-0.2, 0) is 4.74 Å². The number of hydrogen-bond acceptors (Lipinski definition) is 4. The summed E-state index contributed by atoms with van der Waals surface area (Å²) >= 11 is 0. The van der Waals surface area contributed by atoms with Crippen molar-refractivity contribution in [1.82, 2.24) is 0 Å². The van der Waals surface area contributed by atoms with Crippen LogP contribution in [0.15, 0.2) is 18.2 Å². The summed E-state index contributed by atoms with van der Waals surface area (Å²) in [6.07, 6.45) is 3.05. The predicted octanol–water partition coefficient (Wildman–Crippen LogP) is 2.80. The van der Waals surface area contributed by atoms with Gasteiger partial charge in [0.25, 0.3) is 0 Å². The topological polar surface area (TPSA) is 53.7 Å². The van der Waals surface area contributed by atoms with Crippen LogP contribution in [0.3, 0.4) is 0 Å². The second-order valence-corrected chi connectivity index (χ2v) is 6.17. The van der Waals surface area contributed by atoms with Crippen LogP contribution in [0.25, 0.3) is 0 Å². The molecule has 0 aliphatic carbocycles. The van der Waals surface area contributed by atoms with E-state index in [9.17, 15) is 0 Å². The molecule has 0 amide bonds. The number of hydrogen-bond donors (Lipinski definition) is 1. The molecule has 2 aliphatic heterocycles. The van der Waals surface area contributed by atoms with Gasteiger partial charge in [-0.3, -0.25) is 0 Å². The van der Waals surface area contributed by atoms with E-state index in [-0.39, 0.29) is 23.9 Å². The van der Waals surface area contributed by atoms with Crippen LogP contribution in [0.5, 0.6) is 11.5 Å². The molecule has 2 heterocycles. The Morgan fingerprint density at radius 3 is 2.55 bits per heavy atom. The first-order valence-corrected chi connectivity index (χ1v) is 7.29. The van der Waals surface area contributed by atoms with Crippen LogP contribution in [0.1, 0.15) is 44.7 Å². The van der Waals surface area contributed by atoms with Gasteiger partial charge in [-0.25, -0.2) is 0 Å². The zero-order valence-electron chi connectivity index (χ0n) is 12.4. The van der Waals surface area contributed by atoms with Gasteiger partial charge in [-0.1, -0.05) is 6.07 Å². The Labute approximate surface area is 120 Å². The maximum atomic E-state index is 6.37. The highest BCUT2D eigenvalue weighted by Gasteiger charge is 2.45. The second-order valence-electron chi connectivity index (χ2n) is 6.17. The molecule has 0 saturated carbocycles. The molecule has 3 atom stereocenters. The van der Waals surface area contributed by atoms with Crippen LogP contribution in [0.4, 0.5) is 0 Å². The van der Waals surface area contributed by atoms with E-state index in [2.05, 4.69) is 13.8 Å². The standard InChI is InChI=1S/C16H23NO3/c1-10-7-16(8-11(2)19-10)9-14(17)13-5-4-12(18-3)6-15(13)20-16/h4-6,10-11,14H,7-9,17H2,1-3H3/t10?,11?,14-,16?/m0/s1. The molecule has 110 valence electrons. The third-order valence-corrected chi connectivity index (χ3v) is 4.32. The van der Waals surface area contributed by atoms with Crippen LogP contribution in [-0.4, -0.2) is 24.9 Å². The Kier molecular flexibility index (Phi) is 3.38. The summed E-state index contributed by atoms with van der Waals surface area (Å²) in [6.45, 7) is 4.21. The van der Waals surface area contributed by atoms with Crippen molar-refractivity contribution in [2.45, 2.75) is 57.0 Å². The zero-order chi connectivity index (χ0) is 14.3. The first-order chi connectivity index (χ1) is 9.51. The van der Waals surface area contributed by atoms with Gasteiger partial charge < -0.3 is 19.9 Å². The third-order valence-electron chi connectivity index (χ3n) is 4.32. The average Bonchev–Trinajstić information content (AvgIpc) is 2.36. The fourth-order valence-corrected chi connectivity index (χ4v) is 3.70. The quantitative estimate of drug-likeness (QED) is 0.857. The molecule has 0 aromatic heterocycles. The molecule has 2 aliphatic rings. The molecule has 4 nitrogen and oxygen atoms in total. The second kappa shape index (κ2) is 4.93. The summed E-state index contributed by atoms with van der Waals surface area (Å²) in [4.78, 5) is 0. The number of benzene rings is 1. The lowest BCUT2D eigenvalue weighted by Gasteiger charge is -2.47. The van der Waals surface area contributed by atoms with Gasteiger partial charge in [0.1, 0.15) is 17.1 Å². The third kappa shape index (κ3) is 2.38. The van der Waals surface area contributed by atoms with Gasteiger partial charge in [0.2, 0.25) is 0 Å². The lowest BCUT2D eigenvalue weighted by Crippen LogP contribution is -2.51. The van der Waals surface area contributed by atoms with Crippen molar-refractivity contribution in [2.24, 2.45) is 5.73 Å². The number of fused-ring (bicyclic) bond motifs is 1. The molecule has 1 aromatic carbocycles. The van der Waals surface area contributed by atoms with E-state index in [0.717, 1.165) is 36.3 Å². The van der Waals surface area contributed by atoms with Gasteiger partial charge in [-0.15, -0.1) is 0 Å². The summed E-state index contributed by atoms with van der Waals surface area (Å²) in [6, 6.07) is 5.91. The zero-order valence-corrected chi connectivity index (χ0v) is 12.4. The first-order valence-electron chi connectivity index (χ1n) is 7.29. The highest BCUT2D eigenvalue weighted by molar-refractivity contribution is 5.44. The minimum atomic E-state index is -0.199. The van der Waals surface area contributed by atoms with Crippen LogP contribution >= 0.6 is 0 Å². The van der Waals surface area contributed by atoms with E-state index in [1.54, 1.807) is 7.11 Å². The molecule has 1 spiro atoms. The summed E-state index contributed by atoms with van der Waals surface area (Å²) in [5.41, 5.74) is 7.25. The SMILES string of the molecule is COc1ccc2c(c1)OC1(CC(C)OC(C)C1)C[C@@H]2N. The van der Waals surface area contributed by atoms with Crippen molar-refractivity contribution in [3.05, 3.63) is 23.8 Å². The van der Waals surface area contributed by atoms with E-state index in [1.807, 2.05) is 18.2 Å². The van der Waals surface area contributed by atoms with Crippen molar-refractivity contribution in [1.29, 1.82) is 0 Å². The van der Waals surface area contributed by atoms with Crippen LogP contribution in [0.2, 0.25) is 0 Å².